The summed E-state index contributed by atoms with van der Waals surface area (Å²) in [6.45, 7) is 9.25. The number of carbonyl (C=O) groups is 1. The first-order valence-corrected chi connectivity index (χ1v) is 13.7. The van der Waals surface area contributed by atoms with Crippen molar-refractivity contribution in [1.29, 1.82) is 0 Å². The van der Waals surface area contributed by atoms with Crippen LogP contribution in [0, 0.1) is 20.8 Å². The molecule has 4 rings (SSSR count). The van der Waals surface area contributed by atoms with Gasteiger partial charge < -0.3 is 4.90 Å². The van der Waals surface area contributed by atoms with E-state index in [0.29, 0.717) is 29.9 Å². The van der Waals surface area contributed by atoms with Crippen LogP contribution in [0.1, 0.15) is 32.6 Å². The number of anilines is 1. The van der Waals surface area contributed by atoms with Gasteiger partial charge in [-0.2, -0.15) is 0 Å². The van der Waals surface area contributed by atoms with Gasteiger partial charge in [-0.3, -0.25) is 14.4 Å². The van der Waals surface area contributed by atoms with Gasteiger partial charge in [0.25, 0.3) is 15.9 Å². The Morgan fingerprint density at radius 1 is 0.861 bits per heavy atom. The summed E-state index contributed by atoms with van der Waals surface area (Å²) in [5.41, 5.74) is 4.76. The highest BCUT2D eigenvalue weighted by Gasteiger charge is 2.24. The lowest BCUT2D eigenvalue weighted by Crippen LogP contribution is -2.48. The number of rotatable bonds is 7. The van der Waals surface area contributed by atoms with Crippen molar-refractivity contribution < 1.29 is 13.2 Å². The maximum Gasteiger partial charge on any atom is 0.262 e. The Hall–Kier alpha value is -3.42. The van der Waals surface area contributed by atoms with Crippen LogP contribution in [-0.2, 0) is 10.0 Å². The van der Waals surface area contributed by atoms with E-state index in [4.69, 9.17) is 0 Å². The molecule has 1 aliphatic rings. The van der Waals surface area contributed by atoms with Crippen LogP contribution in [0.2, 0.25) is 0 Å². The average molecular weight is 504 g/mol. The van der Waals surface area contributed by atoms with E-state index >= 15 is 0 Å². The van der Waals surface area contributed by atoms with Crippen LogP contribution < -0.4 is 4.72 Å². The Bertz CT molecular complexity index is 1360. The minimum absolute atomic E-state index is 0.122. The molecule has 6 nitrogen and oxygen atoms in total. The van der Waals surface area contributed by atoms with E-state index < -0.39 is 10.0 Å². The Morgan fingerprint density at radius 2 is 1.56 bits per heavy atom. The van der Waals surface area contributed by atoms with Crippen LogP contribution in [0.4, 0.5) is 5.69 Å². The van der Waals surface area contributed by atoms with Gasteiger partial charge in [-0.1, -0.05) is 54.6 Å². The van der Waals surface area contributed by atoms with Gasteiger partial charge in [-0.15, -0.1) is 0 Å². The van der Waals surface area contributed by atoms with Gasteiger partial charge in [0.15, 0.2) is 0 Å². The summed E-state index contributed by atoms with van der Waals surface area (Å²) in [5, 5.41) is 0. The van der Waals surface area contributed by atoms with Gasteiger partial charge in [0.2, 0.25) is 0 Å². The van der Waals surface area contributed by atoms with E-state index in [9.17, 15) is 13.2 Å². The first-order valence-electron chi connectivity index (χ1n) is 12.2. The Labute approximate surface area is 214 Å². The largest absolute Gasteiger partial charge is 0.336 e. The summed E-state index contributed by atoms with van der Waals surface area (Å²) >= 11 is 0. The third-order valence-electron chi connectivity index (χ3n) is 6.62. The van der Waals surface area contributed by atoms with Crippen LogP contribution in [0.3, 0.4) is 0 Å². The minimum atomic E-state index is -3.84. The van der Waals surface area contributed by atoms with Crippen molar-refractivity contribution in [2.45, 2.75) is 25.7 Å². The molecule has 0 aromatic heterocycles. The summed E-state index contributed by atoms with van der Waals surface area (Å²) in [7, 11) is -3.84. The molecule has 0 radical (unpaired) electrons. The zero-order valence-corrected chi connectivity index (χ0v) is 21.9. The van der Waals surface area contributed by atoms with Crippen molar-refractivity contribution in [3.05, 3.63) is 101 Å². The first-order chi connectivity index (χ1) is 17.2. The lowest BCUT2D eigenvalue weighted by molar-refractivity contribution is 0.0650. The molecule has 3 aromatic carbocycles. The fraction of sp³-hybridized carbons (Fsp3) is 0.276. The SMILES string of the molecule is Cc1ccc(NS(=O)(=O)c2cc(C(=O)N3CCN(C/C=C/c4ccccc4)CC3)ccc2C)cc1C. The molecule has 0 atom stereocenters. The topological polar surface area (TPSA) is 69.7 Å². The molecule has 0 spiro atoms. The maximum atomic E-state index is 13.2. The molecule has 0 bridgehead atoms. The molecule has 1 saturated heterocycles. The predicted octanol–water partition coefficient (Wildman–Crippen LogP) is 4.88. The molecule has 1 amide bonds. The van der Waals surface area contributed by atoms with Crippen LogP contribution in [0.5, 0.6) is 0 Å². The Morgan fingerprint density at radius 3 is 2.25 bits per heavy atom. The summed E-state index contributed by atoms with van der Waals surface area (Å²) in [6.07, 6.45) is 4.25. The molecule has 0 aliphatic carbocycles. The average Bonchev–Trinajstić information content (AvgIpc) is 2.87. The standard InChI is InChI=1S/C29H33N3O3S/c1-22-12-14-27(20-24(22)3)30-36(34,35)28-21-26(13-11-23(28)2)29(33)32-18-16-31(17-19-32)15-7-10-25-8-5-4-6-9-25/h4-14,20-21,30H,15-19H2,1-3H3/b10-7+. The van der Waals surface area contributed by atoms with Crippen molar-refractivity contribution in [2.75, 3.05) is 37.4 Å². The number of piperazine rings is 1. The molecule has 1 heterocycles. The number of hydrogen-bond donors (Lipinski definition) is 1. The molecule has 3 aromatic rings. The summed E-state index contributed by atoms with van der Waals surface area (Å²) < 4.78 is 29.0. The number of aryl methyl sites for hydroxylation is 3. The second-order valence-corrected chi connectivity index (χ2v) is 10.9. The normalized spacial score (nSPS) is 14.8. The monoisotopic (exact) mass is 503 g/mol. The van der Waals surface area contributed by atoms with Crippen LogP contribution >= 0.6 is 0 Å². The van der Waals surface area contributed by atoms with Gasteiger partial charge in [-0.05, 0) is 67.3 Å². The second-order valence-electron chi connectivity index (χ2n) is 9.29. The van der Waals surface area contributed by atoms with Crippen molar-refractivity contribution in [3.8, 4) is 0 Å². The van der Waals surface area contributed by atoms with Crippen LogP contribution in [0.25, 0.3) is 6.08 Å². The van der Waals surface area contributed by atoms with Gasteiger partial charge in [-0.25, -0.2) is 8.42 Å². The predicted molar refractivity (Wildman–Crippen MR) is 146 cm³/mol. The first kappa shape index (κ1) is 25.7. The molecule has 7 heteroatoms. The van der Waals surface area contributed by atoms with E-state index in [-0.39, 0.29) is 10.8 Å². The lowest BCUT2D eigenvalue weighted by Gasteiger charge is -2.34. The summed E-state index contributed by atoms with van der Waals surface area (Å²) in [5.74, 6) is -0.142. The quantitative estimate of drug-likeness (QED) is 0.499. The number of nitrogens with zero attached hydrogens (tertiary/aromatic N) is 2. The molecule has 0 saturated carbocycles. The van der Waals surface area contributed by atoms with Gasteiger partial charge in [0.1, 0.15) is 0 Å². The molecule has 188 valence electrons. The fourth-order valence-corrected chi connectivity index (χ4v) is 5.58. The van der Waals surface area contributed by atoms with E-state index in [1.54, 1.807) is 30.0 Å². The van der Waals surface area contributed by atoms with Gasteiger partial charge >= 0.3 is 0 Å². The highest BCUT2D eigenvalue weighted by molar-refractivity contribution is 7.92. The van der Waals surface area contributed by atoms with E-state index in [0.717, 1.165) is 30.8 Å². The number of sulfonamides is 1. The van der Waals surface area contributed by atoms with Crippen molar-refractivity contribution in [1.82, 2.24) is 9.80 Å². The molecule has 1 aliphatic heterocycles. The number of amides is 1. The molecule has 1 N–H and O–H groups in total. The van der Waals surface area contributed by atoms with Gasteiger partial charge in [0, 0.05) is 44.0 Å². The molecular weight excluding hydrogens is 470 g/mol. The molecule has 1 fully saturated rings. The number of benzene rings is 3. The summed E-state index contributed by atoms with van der Waals surface area (Å²) in [4.78, 5) is 17.4. The Kier molecular flexibility index (Phi) is 7.91. The van der Waals surface area contributed by atoms with E-state index in [2.05, 4.69) is 33.9 Å². The van der Waals surface area contributed by atoms with Crippen molar-refractivity contribution in [3.63, 3.8) is 0 Å². The van der Waals surface area contributed by atoms with Crippen molar-refractivity contribution >= 4 is 27.7 Å². The minimum Gasteiger partial charge on any atom is -0.336 e. The molecular formula is C29H33N3O3S. The zero-order valence-electron chi connectivity index (χ0n) is 21.1. The smallest absolute Gasteiger partial charge is 0.262 e. The highest BCUT2D eigenvalue weighted by atomic mass is 32.2. The summed E-state index contributed by atoms with van der Waals surface area (Å²) in [6, 6.07) is 20.5. The Balaban J connectivity index is 1.40. The van der Waals surface area contributed by atoms with Crippen molar-refractivity contribution in [2.24, 2.45) is 0 Å². The van der Waals surface area contributed by atoms with Crippen LogP contribution in [-0.4, -0.2) is 56.8 Å². The third kappa shape index (κ3) is 6.22. The molecule has 36 heavy (non-hydrogen) atoms. The van der Waals surface area contributed by atoms with Gasteiger partial charge in [0.05, 0.1) is 4.90 Å². The number of nitrogens with one attached hydrogen (secondary N) is 1. The third-order valence-corrected chi connectivity index (χ3v) is 8.14. The fourth-order valence-electron chi connectivity index (χ4n) is 4.26. The lowest BCUT2D eigenvalue weighted by atomic mass is 10.1. The van der Waals surface area contributed by atoms with E-state index in [1.807, 2.05) is 44.2 Å². The molecule has 0 unspecified atom stereocenters. The number of carbonyl (C=O) groups excluding carboxylic acids is 1. The van der Waals surface area contributed by atoms with Crippen LogP contribution in [0.15, 0.2) is 77.7 Å². The number of hydrogen-bond acceptors (Lipinski definition) is 4. The maximum absolute atomic E-state index is 13.2. The zero-order chi connectivity index (χ0) is 25.7. The second kappa shape index (κ2) is 11.1. The highest BCUT2D eigenvalue weighted by Crippen LogP contribution is 2.23. The van der Waals surface area contributed by atoms with E-state index in [1.165, 1.54) is 11.6 Å².